The first-order valence-corrected chi connectivity index (χ1v) is 11.6. The fourth-order valence-corrected chi connectivity index (χ4v) is 4.87. The number of hydrogen-bond acceptors (Lipinski definition) is 4. The molecule has 1 saturated heterocycles. The highest BCUT2D eigenvalue weighted by Gasteiger charge is 2.29. The standard InChI is InChI=1S/C24H26BrFN4O3/c1-13(2)22-23(14(3)5-6-27-22)30-20-10-17(25)18(26)9-16(20)19(11-21(30)31)28-7-8-29(24(32)33)15(4)12-28/h5-6,9-11,13,15H,7-8,12H2,1-4H3,(H,32,33)/t15-/m0/s1. The lowest BCUT2D eigenvalue weighted by Crippen LogP contribution is -2.54. The number of carbonyl (C=O) groups is 1. The SMILES string of the molecule is Cc1ccnc(C(C)C)c1-n1c(=O)cc(N2CCN(C(=O)O)[C@@H](C)C2)c2cc(F)c(Br)cc21. The molecule has 174 valence electrons. The van der Waals surface area contributed by atoms with E-state index >= 15 is 0 Å². The molecular formula is C24H26BrFN4O3. The first-order valence-electron chi connectivity index (χ1n) is 10.8. The van der Waals surface area contributed by atoms with Gasteiger partial charge in [-0.15, -0.1) is 0 Å². The van der Waals surface area contributed by atoms with E-state index in [1.54, 1.807) is 16.8 Å². The van der Waals surface area contributed by atoms with Crippen molar-refractivity contribution < 1.29 is 14.3 Å². The van der Waals surface area contributed by atoms with Gasteiger partial charge >= 0.3 is 6.09 Å². The fraction of sp³-hybridized carbons (Fsp3) is 0.375. The number of hydrogen-bond donors (Lipinski definition) is 1. The van der Waals surface area contributed by atoms with E-state index in [2.05, 4.69) is 20.9 Å². The Bertz CT molecular complexity index is 1310. The molecule has 1 amide bonds. The van der Waals surface area contributed by atoms with Crippen molar-refractivity contribution >= 4 is 38.6 Å². The number of aromatic nitrogens is 2. The highest BCUT2D eigenvalue weighted by Crippen LogP contribution is 2.34. The molecule has 0 saturated carbocycles. The topological polar surface area (TPSA) is 78.7 Å². The van der Waals surface area contributed by atoms with Crippen LogP contribution in [0, 0.1) is 12.7 Å². The second-order valence-electron chi connectivity index (χ2n) is 8.77. The number of halogens is 2. The third kappa shape index (κ3) is 4.10. The summed E-state index contributed by atoms with van der Waals surface area (Å²) in [7, 11) is 0. The minimum atomic E-state index is -0.967. The van der Waals surface area contributed by atoms with Gasteiger partial charge in [-0.1, -0.05) is 13.8 Å². The van der Waals surface area contributed by atoms with Crippen molar-refractivity contribution in [1.82, 2.24) is 14.5 Å². The number of piperazine rings is 1. The van der Waals surface area contributed by atoms with E-state index in [1.807, 2.05) is 38.7 Å². The molecule has 1 aromatic carbocycles. The molecule has 9 heteroatoms. The van der Waals surface area contributed by atoms with Gasteiger partial charge < -0.3 is 14.9 Å². The molecule has 1 aliphatic heterocycles. The number of amides is 1. The molecule has 3 heterocycles. The molecule has 0 unspecified atom stereocenters. The van der Waals surface area contributed by atoms with Crippen LogP contribution in [0.3, 0.4) is 0 Å². The molecule has 0 bridgehead atoms. The number of rotatable bonds is 3. The van der Waals surface area contributed by atoms with Crippen LogP contribution in [-0.2, 0) is 0 Å². The van der Waals surface area contributed by atoms with Crippen LogP contribution in [0.4, 0.5) is 14.9 Å². The van der Waals surface area contributed by atoms with Crippen LogP contribution in [0.2, 0.25) is 0 Å². The Kier molecular flexibility index (Phi) is 6.18. The molecule has 33 heavy (non-hydrogen) atoms. The lowest BCUT2D eigenvalue weighted by atomic mass is 10.0. The average molecular weight is 517 g/mol. The lowest BCUT2D eigenvalue weighted by molar-refractivity contribution is 0.123. The molecule has 1 aliphatic rings. The van der Waals surface area contributed by atoms with E-state index < -0.39 is 11.9 Å². The van der Waals surface area contributed by atoms with E-state index in [0.717, 1.165) is 11.3 Å². The smallest absolute Gasteiger partial charge is 0.407 e. The Morgan fingerprint density at radius 2 is 2.00 bits per heavy atom. The summed E-state index contributed by atoms with van der Waals surface area (Å²) >= 11 is 3.28. The van der Waals surface area contributed by atoms with Gasteiger partial charge in [-0.3, -0.25) is 14.3 Å². The Labute approximate surface area is 199 Å². The molecule has 0 aliphatic carbocycles. The highest BCUT2D eigenvalue weighted by molar-refractivity contribution is 9.10. The molecule has 1 fully saturated rings. The van der Waals surface area contributed by atoms with Crippen molar-refractivity contribution in [2.45, 2.75) is 39.7 Å². The van der Waals surface area contributed by atoms with Crippen LogP contribution in [0.25, 0.3) is 16.6 Å². The normalized spacial score (nSPS) is 16.6. The number of pyridine rings is 2. The number of anilines is 1. The molecule has 3 aromatic rings. The van der Waals surface area contributed by atoms with Crippen molar-refractivity contribution in [3.05, 3.63) is 62.4 Å². The van der Waals surface area contributed by atoms with Crippen molar-refractivity contribution in [3.63, 3.8) is 0 Å². The molecule has 7 nitrogen and oxygen atoms in total. The number of aryl methyl sites for hydroxylation is 1. The molecule has 1 atom stereocenters. The zero-order chi connectivity index (χ0) is 24.0. The van der Waals surface area contributed by atoms with Crippen molar-refractivity contribution in [2.75, 3.05) is 24.5 Å². The van der Waals surface area contributed by atoms with Gasteiger partial charge in [0, 0.05) is 43.3 Å². The predicted octanol–water partition coefficient (Wildman–Crippen LogP) is 4.91. The summed E-state index contributed by atoms with van der Waals surface area (Å²) in [4.78, 5) is 32.9. The number of benzene rings is 1. The second-order valence-corrected chi connectivity index (χ2v) is 9.63. The van der Waals surface area contributed by atoms with E-state index in [9.17, 15) is 19.1 Å². The molecule has 1 N–H and O–H groups in total. The number of carboxylic acid groups (broad SMARTS) is 1. The predicted molar refractivity (Wildman–Crippen MR) is 130 cm³/mol. The van der Waals surface area contributed by atoms with E-state index in [1.165, 1.54) is 17.0 Å². The quantitative estimate of drug-likeness (QED) is 0.535. The maximum Gasteiger partial charge on any atom is 0.407 e. The summed E-state index contributed by atoms with van der Waals surface area (Å²) in [6.45, 7) is 8.92. The van der Waals surface area contributed by atoms with Crippen molar-refractivity contribution in [1.29, 1.82) is 0 Å². The molecule has 0 radical (unpaired) electrons. The second kappa shape index (κ2) is 8.78. The van der Waals surface area contributed by atoms with Crippen molar-refractivity contribution in [3.8, 4) is 5.69 Å². The lowest BCUT2D eigenvalue weighted by Gasteiger charge is -2.40. The van der Waals surface area contributed by atoms with Crippen LogP contribution in [-0.4, -0.2) is 51.3 Å². The summed E-state index contributed by atoms with van der Waals surface area (Å²) in [5.41, 5.74) is 3.31. The van der Waals surface area contributed by atoms with Crippen LogP contribution in [0.15, 0.2) is 39.7 Å². The Morgan fingerprint density at radius 3 is 2.64 bits per heavy atom. The van der Waals surface area contributed by atoms with Crippen LogP contribution < -0.4 is 10.5 Å². The molecule has 0 spiro atoms. The zero-order valence-electron chi connectivity index (χ0n) is 19.0. The summed E-state index contributed by atoms with van der Waals surface area (Å²) in [5, 5.41) is 9.99. The van der Waals surface area contributed by atoms with Gasteiger partial charge in [0.05, 0.1) is 27.1 Å². The van der Waals surface area contributed by atoms with Gasteiger partial charge in [0.1, 0.15) is 5.82 Å². The van der Waals surface area contributed by atoms with Crippen LogP contribution in [0.1, 0.15) is 37.9 Å². The first-order chi connectivity index (χ1) is 15.6. The number of fused-ring (bicyclic) bond motifs is 1. The minimum Gasteiger partial charge on any atom is -0.465 e. The largest absolute Gasteiger partial charge is 0.465 e. The maximum atomic E-state index is 14.7. The van der Waals surface area contributed by atoms with Crippen molar-refractivity contribution in [2.24, 2.45) is 0 Å². The summed E-state index contributed by atoms with van der Waals surface area (Å²) < 4.78 is 16.6. The maximum absolute atomic E-state index is 14.7. The third-order valence-corrected chi connectivity index (χ3v) is 6.78. The number of nitrogens with zero attached hydrogens (tertiary/aromatic N) is 4. The van der Waals surface area contributed by atoms with Gasteiger partial charge in [-0.25, -0.2) is 9.18 Å². The first kappa shape index (κ1) is 23.2. The fourth-order valence-electron chi connectivity index (χ4n) is 4.54. The van der Waals surface area contributed by atoms with Gasteiger partial charge in [-0.05, 0) is 59.5 Å². The Hall–Kier alpha value is -2.94. The summed E-state index contributed by atoms with van der Waals surface area (Å²) in [6.07, 6.45) is 0.764. The molecular weight excluding hydrogens is 491 g/mol. The van der Waals surface area contributed by atoms with Gasteiger partial charge in [0.2, 0.25) is 0 Å². The van der Waals surface area contributed by atoms with Gasteiger partial charge in [0.15, 0.2) is 0 Å². The van der Waals surface area contributed by atoms with Crippen LogP contribution >= 0.6 is 15.9 Å². The minimum absolute atomic E-state index is 0.0790. The van der Waals surface area contributed by atoms with Gasteiger partial charge in [0.25, 0.3) is 5.56 Å². The zero-order valence-corrected chi connectivity index (χ0v) is 20.6. The molecule has 4 rings (SSSR count). The third-order valence-electron chi connectivity index (χ3n) is 6.17. The van der Waals surface area contributed by atoms with E-state index in [4.69, 9.17) is 0 Å². The summed E-state index contributed by atoms with van der Waals surface area (Å²) in [6, 6.07) is 6.18. The molecule has 2 aromatic heterocycles. The van der Waals surface area contributed by atoms with Crippen LogP contribution in [0.5, 0.6) is 0 Å². The monoisotopic (exact) mass is 516 g/mol. The Morgan fingerprint density at radius 1 is 1.27 bits per heavy atom. The van der Waals surface area contributed by atoms with Gasteiger partial charge in [-0.2, -0.15) is 0 Å². The average Bonchev–Trinajstić information content (AvgIpc) is 2.74. The van der Waals surface area contributed by atoms with E-state index in [-0.39, 0.29) is 22.0 Å². The summed E-state index contributed by atoms with van der Waals surface area (Å²) in [5.74, 6) is -0.353. The Balaban J connectivity index is 1.98. The highest BCUT2D eigenvalue weighted by atomic mass is 79.9. The van der Waals surface area contributed by atoms with E-state index in [0.29, 0.717) is 41.9 Å².